The maximum Gasteiger partial charge on any atom is 0.161 e. The summed E-state index contributed by atoms with van der Waals surface area (Å²) in [5.41, 5.74) is 1.80. The number of phenols is 1. The van der Waals surface area contributed by atoms with Gasteiger partial charge in [0.05, 0.1) is 20.3 Å². The minimum Gasteiger partial charge on any atom is -0.508 e. The Kier molecular flexibility index (Phi) is 5.63. The van der Waals surface area contributed by atoms with Gasteiger partial charge in [0, 0.05) is 13.1 Å². The molecule has 1 atom stereocenters. The molecule has 0 aromatic heterocycles. The fourth-order valence-electron chi connectivity index (χ4n) is 2.14. The quantitative estimate of drug-likeness (QED) is 0.732. The maximum absolute atomic E-state index is 10.2. The van der Waals surface area contributed by atoms with Gasteiger partial charge in [0.15, 0.2) is 11.5 Å². The van der Waals surface area contributed by atoms with Crippen LogP contribution in [0.5, 0.6) is 17.2 Å². The van der Waals surface area contributed by atoms with Gasteiger partial charge in [0.25, 0.3) is 0 Å². The van der Waals surface area contributed by atoms with Crippen LogP contribution in [0.4, 0.5) is 0 Å². The number of ether oxygens (including phenoxy) is 2. The van der Waals surface area contributed by atoms with Crippen LogP contribution >= 0.6 is 0 Å². The van der Waals surface area contributed by atoms with Gasteiger partial charge >= 0.3 is 0 Å². The molecule has 22 heavy (non-hydrogen) atoms. The zero-order valence-corrected chi connectivity index (χ0v) is 12.7. The molecule has 0 spiro atoms. The van der Waals surface area contributed by atoms with E-state index in [0.29, 0.717) is 24.6 Å². The molecule has 3 N–H and O–H groups in total. The molecule has 0 aliphatic rings. The van der Waals surface area contributed by atoms with Crippen molar-refractivity contribution in [2.24, 2.45) is 0 Å². The lowest BCUT2D eigenvalue weighted by Crippen LogP contribution is -2.21. The van der Waals surface area contributed by atoms with E-state index in [9.17, 15) is 10.2 Å². The number of aromatic hydroxyl groups is 1. The van der Waals surface area contributed by atoms with Crippen LogP contribution in [0.3, 0.4) is 0 Å². The van der Waals surface area contributed by atoms with Gasteiger partial charge < -0.3 is 25.0 Å². The van der Waals surface area contributed by atoms with E-state index in [2.05, 4.69) is 5.32 Å². The van der Waals surface area contributed by atoms with Crippen LogP contribution in [0.2, 0.25) is 0 Å². The average Bonchev–Trinajstić information content (AvgIpc) is 2.55. The first kappa shape index (κ1) is 16.1. The first-order chi connectivity index (χ1) is 10.6. The van der Waals surface area contributed by atoms with Crippen LogP contribution in [-0.4, -0.2) is 31.0 Å². The van der Waals surface area contributed by atoms with Crippen molar-refractivity contribution in [3.63, 3.8) is 0 Å². The molecular weight excluding hydrogens is 282 g/mol. The van der Waals surface area contributed by atoms with E-state index in [4.69, 9.17) is 9.47 Å². The van der Waals surface area contributed by atoms with E-state index in [-0.39, 0.29) is 5.75 Å². The first-order valence-electron chi connectivity index (χ1n) is 7.02. The van der Waals surface area contributed by atoms with Crippen LogP contribution in [-0.2, 0) is 6.54 Å². The van der Waals surface area contributed by atoms with Gasteiger partial charge in [0.2, 0.25) is 0 Å². The number of rotatable bonds is 7. The van der Waals surface area contributed by atoms with Gasteiger partial charge in [-0.25, -0.2) is 0 Å². The Morgan fingerprint density at radius 2 is 1.68 bits per heavy atom. The molecule has 2 aromatic carbocycles. The fraction of sp³-hybridized carbons (Fsp3) is 0.294. The Morgan fingerprint density at radius 1 is 1.00 bits per heavy atom. The lowest BCUT2D eigenvalue weighted by atomic mass is 10.1. The van der Waals surface area contributed by atoms with Crippen molar-refractivity contribution in [1.29, 1.82) is 0 Å². The molecule has 2 aromatic rings. The molecule has 1 unspecified atom stereocenters. The monoisotopic (exact) mass is 303 g/mol. The van der Waals surface area contributed by atoms with Crippen LogP contribution in [0.1, 0.15) is 17.2 Å². The largest absolute Gasteiger partial charge is 0.508 e. The lowest BCUT2D eigenvalue weighted by molar-refractivity contribution is 0.174. The molecule has 5 nitrogen and oxygen atoms in total. The topological polar surface area (TPSA) is 71.0 Å². The van der Waals surface area contributed by atoms with E-state index in [1.165, 1.54) is 0 Å². The molecule has 0 fully saturated rings. The Balaban J connectivity index is 1.91. The van der Waals surface area contributed by atoms with Crippen LogP contribution in [0.15, 0.2) is 42.5 Å². The molecule has 0 bridgehead atoms. The standard InChI is InChI=1S/C17H21NO4/c1-21-16-8-5-13(9-17(16)22-2)15(20)11-18-10-12-3-6-14(19)7-4-12/h3-9,15,18-20H,10-11H2,1-2H3. The van der Waals surface area contributed by atoms with E-state index >= 15 is 0 Å². The number of hydrogen-bond acceptors (Lipinski definition) is 5. The summed E-state index contributed by atoms with van der Waals surface area (Å²) in [5, 5.41) is 22.6. The van der Waals surface area contributed by atoms with Gasteiger partial charge in [-0.05, 0) is 35.4 Å². The third-order valence-electron chi connectivity index (χ3n) is 3.40. The second kappa shape index (κ2) is 7.68. The summed E-state index contributed by atoms with van der Waals surface area (Å²) in [6, 6.07) is 12.3. The van der Waals surface area contributed by atoms with Crippen LogP contribution in [0.25, 0.3) is 0 Å². The van der Waals surface area contributed by atoms with Crippen molar-refractivity contribution in [3.05, 3.63) is 53.6 Å². The van der Waals surface area contributed by atoms with Gasteiger partial charge in [-0.3, -0.25) is 0 Å². The third kappa shape index (κ3) is 4.13. The predicted octanol–water partition coefficient (Wildman–Crippen LogP) is 2.23. The van der Waals surface area contributed by atoms with E-state index < -0.39 is 6.10 Å². The molecule has 0 amide bonds. The molecular formula is C17H21NO4. The summed E-state index contributed by atoms with van der Waals surface area (Å²) >= 11 is 0. The van der Waals surface area contributed by atoms with Gasteiger partial charge in [0.1, 0.15) is 5.75 Å². The zero-order valence-electron chi connectivity index (χ0n) is 12.7. The highest BCUT2D eigenvalue weighted by atomic mass is 16.5. The molecule has 2 rings (SSSR count). The fourth-order valence-corrected chi connectivity index (χ4v) is 2.14. The van der Waals surface area contributed by atoms with E-state index in [0.717, 1.165) is 11.1 Å². The summed E-state index contributed by atoms with van der Waals surface area (Å²) in [6.07, 6.45) is -0.642. The average molecular weight is 303 g/mol. The number of phenolic OH excluding ortho intramolecular Hbond substituents is 1. The number of aliphatic hydroxyl groups is 1. The van der Waals surface area contributed by atoms with E-state index in [1.807, 2.05) is 18.2 Å². The number of nitrogens with one attached hydrogen (secondary N) is 1. The van der Waals surface area contributed by atoms with Gasteiger partial charge in [-0.15, -0.1) is 0 Å². The molecule has 0 saturated carbocycles. The van der Waals surface area contributed by atoms with E-state index in [1.54, 1.807) is 38.5 Å². The number of benzene rings is 2. The second-order valence-electron chi connectivity index (χ2n) is 4.93. The molecule has 0 heterocycles. The van der Waals surface area contributed by atoms with Gasteiger partial charge in [-0.1, -0.05) is 18.2 Å². The minimum absolute atomic E-state index is 0.245. The summed E-state index contributed by atoms with van der Waals surface area (Å²) in [4.78, 5) is 0. The SMILES string of the molecule is COc1ccc(C(O)CNCc2ccc(O)cc2)cc1OC. The Hall–Kier alpha value is -2.24. The number of aliphatic hydroxyl groups excluding tert-OH is 1. The molecule has 0 radical (unpaired) electrons. The summed E-state index contributed by atoms with van der Waals surface area (Å²) in [6.45, 7) is 1.03. The summed E-state index contributed by atoms with van der Waals surface area (Å²) in [7, 11) is 3.14. The third-order valence-corrected chi connectivity index (χ3v) is 3.40. The maximum atomic E-state index is 10.2. The molecule has 0 aliphatic carbocycles. The first-order valence-corrected chi connectivity index (χ1v) is 7.02. The zero-order chi connectivity index (χ0) is 15.9. The number of hydrogen-bond donors (Lipinski definition) is 3. The van der Waals surface area contributed by atoms with Crippen molar-refractivity contribution < 1.29 is 19.7 Å². The van der Waals surface area contributed by atoms with Crippen LogP contribution in [0, 0.1) is 0 Å². The number of methoxy groups -OCH3 is 2. The molecule has 5 heteroatoms. The Morgan fingerprint density at radius 3 is 2.32 bits per heavy atom. The highest BCUT2D eigenvalue weighted by molar-refractivity contribution is 5.43. The lowest BCUT2D eigenvalue weighted by Gasteiger charge is -2.15. The normalized spacial score (nSPS) is 12.0. The Bertz CT molecular complexity index is 598. The molecule has 0 saturated heterocycles. The van der Waals surface area contributed by atoms with Crippen molar-refractivity contribution in [1.82, 2.24) is 5.32 Å². The van der Waals surface area contributed by atoms with Crippen molar-refractivity contribution in [2.45, 2.75) is 12.6 Å². The molecule has 118 valence electrons. The second-order valence-corrected chi connectivity index (χ2v) is 4.93. The predicted molar refractivity (Wildman–Crippen MR) is 84.3 cm³/mol. The van der Waals surface area contributed by atoms with Crippen molar-refractivity contribution in [2.75, 3.05) is 20.8 Å². The smallest absolute Gasteiger partial charge is 0.161 e. The highest BCUT2D eigenvalue weighted by Crippen LogP contribution is 2.29. The Labute approximate surface area is 130 Å². The summed E-state index contributed by atoms with van der Waals surface area (Å²) < 4.78 is 10.4. The summed E-state index contributed by atoms with van der Waals surface area (Å²) in [5.74, 6) is 1.47. The van der Waals surface area contributed by atoms with Gasteiger partial charge in [-0.2, -0.15) is 0 Å². The van der Waals surface area contributed by atoms with Crippen molar-refractivity contribution >= 4 is 0 Å². The van der Waals surface area contributed by atoms with Crippen molar-refractivity contribution in [3.8, 4) is 17.2 Å². The minimum atomic E-state index is -0.642. The highest BCUT2D eigenvalue weighted by Gasteiger charge is 2.11. The van der Waals surface area contributed by atoms with Crippen LogP contribution < -0.4 is 14.8 Å². The molecule has 0 aliphatic heterocycles.